The molecule has 1 N–H and O–H groups in total. The van der Waals surface area contributed by atoms with E-state index in [2.05, 4.69) is 0 Å². The third kappa shape index (κ3) is 5.97. The fourth-order valence-corrected chi connectivity index (χ4v) is 6.27. The average Bonchev–Trinajstić information content (AvgIpc) is 3.38. The van der Waals surface area contributed by atoms with Gasteiger partial charge in [-0.15, -0.1) is 0 Å². The number of carbonyl (C=O) groups excluding carboxylic acids is 1. The number of ether oxygens (including phenoxy) is 3. The predicted octanol–water partition coefficient (Wildman–Crippen LogP) is 7.61. The van der Waals surface area contributed by atoms with E-state index in [1.807, 2.05) is 6.92 Å². The number of anilines is 1. The van der Waals surface area contributed by atoms with Crippen molar-refractivity contribution in [3.8, 4) is 22.6 Å². The van der Waals surface area contributed by atoms with Gasteiger partial charge in [0.15, 0.2) is 17.7 Å². The maximum absolute atomic E-state index is 15.6. The molecule has 2 aliphatic rings. The molecule has 0 fully saturated rings. The SMILES string of the molecule is COc1cc(C(=O)N2CCc3c2cc(C)c([C@H](OC(C)(C)C)C(=O)O)c3-c2cc(F)c3c(c2C)CCCO3)ccc1C(F)(F)F. The highest BCUT2D eigenvalue weighted by atomic mass is 19.4. The van der Waals surface area contributed by atoms with Crippen molar-refractivity contribution in [3.63, 3.8) is 0 Å². The number of benzene rings is 3. The van der Waals surface area contributed by atoms with E-state index in [-0.39, 0.29) is 24.3 Å². The fourth-order valence-electron chi connectivity index (χ4n) is 6.27. The number of carbonyl (C=O) groups is 2. The summed E-state index contributed by atoms with van der Waals surface area (Å²) >= 11 is 0. The summed E-state index contributed by atoms with van der Waals surface area (Å²) in [5.41, 5.74) is 2.43. The molecule has 3 aromatic carbocycles. The van der Waals surface area contributed by atoms with Crippen molar-refractivity contribution in [2.24, 2.45) is 0 Å². The van der Waals surface area contributed by atoms with Crippen molar-refractivity contribution in [2.75, 3.05) is 25.2 Å². The largest absolute Gasteiger partial charge is 0.496 e. The Morgan fingerprint density at radius 3 is 2.38 bits per heavy atom. The molecule has 0 saturated carbocycles. The molecule has 0 spiro atoms. The molecule has 1 amide bonds. The summed E-state index contributed by atoms with van der Waals surface area (Å²) in [4.78, 5) is 28.0. The third-order valence-electron chi connectivity index (χ3n) is 8.20. The van der Waals surface area contributed by atoms with Gasteiger partial charge >= 0.3 is 12.1 Å². The summed E-state index contributed by atoms with van der Waals surface area (Å²) in [7, 11) is 1.10. The Kier molecular flexibility index (Phi) is 8.37. The van der Waals surface area contributed by atoms with Crippen LogP contribution in [0, 0.1) is 19.7 Å². The van der Waals surface area contributed by atoms with Crippen LogP contribution in [0.15, 0.2) is 30.3 Å². The van der Waals surface area contributed by atoms with Crippen molar-refractivity contribution < 1.29 is 46.5 Å². The monoisotopic (exact) mass is 629 g/mol. The Bertz CT molecular complexity index is 1690. The highest BCUT2D eigenvalue weighted by Crippen LogP contribution is 2.48. The van der Waals surface area contributed by atoms with Crippen LogP contribution in [0.1, 0.15) is 77.0 Å². The molecule has 0 aromatic heterocycles. The number of rotatable bonds is 6. The number of methoxy groups -OCH3 is 1. The lowest BCUT2D eigenvalue weighted by atomic mass is 9.83. The summed E-state index contributed by atoms with van der Waals surface area (Å²) in [6, 6.07) is 6.01. The van der Waals surface area contributed by atoms with E-state index in [0.717, 1.165) is 30.9 Å². The van der Waals surface area contributed by atoms with E-state index >= 15 is 4.39 Å². The second-order valence-corrected chi connectivity index (χ2v) is 12.3. The second-order valence-electron chi connectivity index (χ2n) is 12.3. The molecule has 11 heteroatoms. The van der Waals surface area contributed by atoms with Crippen LogP contribution in [0.4, 0.5) is 23.2 Å². The van der Waals surface area contributed by atoms with Gasteiger partial charge in [-0.1, -0.05) is 0 Å². The van der Waals surface area contributed by atoms with Gasteiger partial charge in [0.05, 0.1) is 24.9 Å². The number of alkyl halides is 3. The van der Waals surface area contributed by atoms with E-state index in [0.29, 0.717) is 58.5 Å². The number of halogens is 4. The molecule has 0 bridgehead atoms. The molecule has 0 unspecified atom stereocenters. The molecule has 45 heavy (non-hydrogen) atoms. The molecule has 240 valence electrons. The normalized spacial score (nSPS) is 15.3. The first-order valence-corrected chi connectivity index (χ1v) is 14.6. The van der Waals surface area contributed by atoms with Crippen LogP contribution in [0.5, 0.6) is 11.5 Å². The molecule has 7 nitrogen and oxygen atoms in total. The summed E-state index contributed by atoms with van der Waals surface area (Å²) < 4.78 is 72.7. The number of aryl methyl sites for hydroxylation is 1. The molecular weight excluding hydrogens is 594 g/mol. The number of aliphatic carboxylic acids is 1. The van der Waals surface area contributed by atoms with Gasteiger partial charge in [-0.3, -0.25) is 4.79 Å². The van der Waals surface area contributed by atoms with Gasteiger partial charge in [-0.2, -0.15) is 13.2 Å². The van der Waals surface area contributed by atoms with Gasteiger partial charge < -0.3 is 24.2 Å². The minimum atomic E-state index is -4.67. The van der Waals surface area contributed by atoms with Crippen LogP contribution in [0.2, 0.25) is 0 Å². The van der Waals surface area contributed by atoms with Crippen LogP contribution in [-0.4, -0.2) is 42.8 Å². The second kappa shape index (κ2) is 11.7. The third-order valence-corrected chi connectivity index (χ3v) is 8.20. The summed E-state index contributed by atoms with van der Waals surface area (Å²) in [5, 5.41) is 10.4. The zero-order valence-electron chi connectivity index (χ0n) is 25.9. The Hall–Kier alpha value is -4.12. The number of hydrogen-bond donors (Lipinski definition) is 1. The molecule has 5 rings (SSSR count). The maximum atomic E-state index is 15.6. The Morgan fingerprint density at radius 1 is 1.04 bits per heavy atom. The zero-order chi connectivity index (χ0) is 33.0. The number of carboxylic acids is 1. The van der Waals surface area contributed by atoms with Crippen molar-refractivity contribution in [1.82, 2.24) is 0 Å². The Morgan fingerprint density at radius 2 is 1.76 bits per heavy atom. The van der Waals surface area contributed by atoms with E-state index in [1.165, 1.54) is 11.0 Å². The maximum Gasteiger partial charge on any atom is 0.419 e. The van der Waals surface area contributed by atoms with Gasteiger partial charge in [0.25, 0.3) is 5.91 Å². The smallest absolute Gasteiger partial charge is 0.419 e. The highest BCUT2D eigenvalue weighted by molar-refractivity contribution is 6.08. The van der Waals surface area contributed by atoms with E-state index in [4.69, 9.17) is 14.2 Å². The number of carboxylic acid groups (broad SMARTS) is 1. The van der Waals surface area contributed by atoms with Crippen LogP contribution < -0.4 is 14.4 Å². The summed E-state index contributed by atoms with van der Waals surface area (Å²) in [5.74, 6) is -2.65. The molecule has 0 radical (unpaired) electrons. The van der Waals surface area contributed by atoms with Crippen LogP contribution in [0.25, 0.3) is 11.1 Å². The molecule has 3 aromatic rings. The minimum Gasteiger partial charge on any atom is -0.496 e. The minimum absolute atomic E-state index is 0.0105. The van der Waals surface area contributed by atoms with Crippen molar-refractivity contribution in [2.45, 2.75) is 71.8 Å². The molecular formula is C34H35F4NO6. The highest BCUT2D eigenvalue weighted by Gasteiger charge is 2.38. The average molecular weight is 630 g/mol. The van der Waals surface area contributed by atoms with Crippen LogP contribution in [-0.2, 0) is 28.5 Å². The van der Waals surface area contributed by atoms with Gasteiger partial charge in [-0.05, 0) is 112 Å². The standard InChI is InChI=1S/C34H35F4NO6/c1-17-14-25-21(11-12-39(25)31(40)19-9-10-23(34(36,37)38)26(15-19)43-6)28(27(17)30(32(41)42)45-33(3,4)5)22-16-24(35)29-20(18(22)2)8-7-13-44-29/h9-10,14-16,30H,7-8,11-13H2,1-6H3,(H,41,42)/t30-/m0/s1. The lowest BCUT2D eigenvalue weighted by Crippen LogP contribution is -2.30. The molecule has 2 heterocycles. The molecule has 0 aliphatic carbocycles. The quantitative estimate of drug-likeness (QED) is 0.283. The lowest BCUT2D eigenvalue weighted by molar-refractivity contribution is -0.160. The van der Waals surface area contributed by atoms with Crippen molar-refractivity contribution >= 4 is 17.6 Å². The Labute approximate surface area is 258 Å². The first kappa shape index (κ1) is 32.3. The first-order chi connectivity index (χ1) is 21.0. The predicted molar refractivity (Wildman–Crippen MR) is 160 cm³/mol. The Balaban J connectivity index is 1.73. The first-order valence-electron chi connectivity index (χ1n) is 14.6. The van der Waals surface area contributed by atoms with Crippen molar-refractivity contribution in [3.05, 3.63) is 75.1 Å². The number of nitrogens with zero attached hydrogens (tertiary/aromatic N) is 1. The molecule has 2 aliphatic heterocycles. The number of amides is 1. The number of fused-ring (bicyclic) bond motifs is 2. The summed E-state index contributed by atoms with van der Waals surface area (Å²) in [6.07, 6.45) is -4.52. The number of hydrogen-bond acceptors (Lipinski definition) is 5. The van der Waals surface area contributed by atoms with E-state index < -0.39 is 46.9 Å². The zero-order valence-corrected chi connectivity index (χ0v) is 25.9. The van der Waals surface area contributed by atoms with Crippen LogP contribution in [0.3, 0.4) is 0 Å². The molecule has 1 atom stereocenters. The fraction of sp³-hybridized carbons (Fsp3) is 0.412. The lowest BCUT2D eigenvalue weighted by Gasteiger charge is -2.30. The van der Waals surface area contributed by atoms with Crippen molar-refractivity contribution in [1.29, 1.82) is 0 Å². The van der Waals surface area contributed by atoms with E-state index in [1.54, 1.807) is 33.8 Å². The summed E-state index contributed by atoms with van der Waals surface area (Å²) in [6.45, 7) is 9.33. The van der Waals surface area contributed by atoms with Gasteiger partial charge in [-0.25, -0.2) is 9.18 Å². The van der Waals surface area contributed by atoms with Gasteiger partial charge in [0.2, 0.25) is 0 Å². The van der Waals surface area contributed by atoms with Crippen LogP contribution >= 0.6 is 0 Å². The molecule has 0 saturated heterocycles. The van der Waals surface area contributed by atoms with Gasteiger partial charge in [0.1, 0.15) is 5.75 Å². The topological polar surface area (TPSA) is 85.3 Å². The van der Waals surface area contributed by atoms with Gasteiger partial charge in [0, 0.05) is 28.9 Å². The van der Waals surface area contributed by atoms with E-state index in [9.17, 15) is 27.9 Å².